The number of aromatic nitrogens is 3. The molecule has 1 aliphatic rings. The molecular formula is C18H18F3N3O. The largest absolute Gasteiger partial charge is 0.389 e. The molecule has 1 aromatic carbocycles. The van der Waals surface area contributed by atoms with Crippen molar-refractivity contribution in [3.8, 4) is 0 Å². The van der Waals surface area contributed by atoms with E-state index in [9.17, 15) is 13.2 Å². The summed E-state index contributed by atoms with van der Waals surface area (Å²) < 4.78 is 45.5. The average Bonchev–Trinajstić information content (AvgIpc) is 3.21. The van der Waals surface area contributed by atoms with Gasteiger partial charge < -0.3 is 9.30 Å². The zero-order chi connectivity index (χ0) is 17.4. The van der Waals surface area contributed by atoms with Gasteiger partial charge in [-0.3, -0.25) is 4.98 Å². The quantitative estimate of drug-likeness (QED) is 0.711. The van der Waals surface area contributed by atoms with E-state index in [4.69, 9.17) is 4.74 Å². The van der Waals surface area contributed by atoms with Crippen molar-refractivity contribution in [1.29, 1.82) is 0 Å². The van der Waals surface area contributed by atoms with Crippen molar-refractivity contribution in [3.63, 3.8) is 0 Å². The van der Waals surface area contributed by atoms with Crippen LogP contribution in [-0.4, -0.2) is 33.9 Å². The SMILES string of the molecule is FC(F)(F)CCc1nc2cnc3ccccc3c2n1CC1CCOC1. The molecule has 0 N–H and O–H groups in total. The number of aryl methyl sites for hydroxylation is 1. The van der Waals surface area contributed by atoms with Crippen molar-refractivity contribution in [2.45, 2.75) is 32.0 Å². The molecule has 3 heterocycles. The Hall–Kier alpha value is -2.15. The molecule has 1 unspecified atom stereocenters. The van der Waals surface area contributed by atoms with Crippen molar-refractivity contribution in [2.75, 3.05) is 13.2 Å². The molecule has 1 saturated heterocycles. The number of fused-ring (bicyclic) bond motifs is 3. The standard InChI is InChI=1S/C18H18F3N3O/c19-18(20,21)7-5-16-23-15-9-22-14-4-2-1-3-13(14)17(15)24(16)10-12-6-8-25-11-12/h1-4,9,12H,5-8,10-11H2. The molecule has 4 nitrogen and oxygen atoms in total. The Morgan fingerprint density at radius 1 is 1.20 bits per heavy atom. The molecule has 1 atom stereocenters. The molecule has 132 valence electrons. The number of nitrogens with zero attached hydrogens (tertiary/aromatic N) is 3. The van der Waals surface area contributed by atoms with Gasteiger partial charge in [0.15, 0.2) is 0 Å². The fourth-order valence-electron chi connectivity index (χ4n) is 3.44. The Kier molecular flexibility index (Phi) is 4.11. The minimum Gasteiger partial charge on any atom is -0.381 e. The van der Waals surface area contributed by atoms with Crippen LogP contribution in [0, 0.1) is 5.92 Å². The summed E-state index contributed by atoms with van der Waals surface area (Å²) in [7, 11) is 0. The second-order valence-corrected chi connectivity index (χ2v) is 6.49. The summed E-state index contributed by atoms with van der Waals surface area (Å²) in [6, 6.07) is 7.66. The smallest absolute Gasteiger partial charge is 0.381 e. The number of hydrogen-bond acceptors (Lipinski definition) is 3. The Morgan fingerprint density at radius 2 is 2.04 bits per heavy atom. The van der Waals surface area contributed by atoms with Crippen LogP contribution in [0.2, 0.25) is 0 Å². The average molecular weight is 349 g/mol. The molecule has 0 radical (unpaired) electrons. The van der Waals surface area contributed by atoms with Gasteiger partial charge in [-0.05, 0) is 12.5 Å². The van der Waals surface area contributed by atoms with Gasteiger partial charge in [-0.1, -0.05) is 18.2 Å². The first-order valence-corrected chi connectivity index (χ1v) is 8.38. The molecule has 7 heteroatoms. The van der Waals surface area contributed by atoms with Crippen LogP contribution < -0.4 is 0 Å². The zero-order valence-corrected chi connectivity index (χ0v) is 13.6. The van der Waals surface area contributed by atoms with Crippen molar-refractivity contribution in [2.24, 2.45) is 5.92 Å². The third kappa shape index (κ3) is 3.33. The number of para-hydroxylation sites is 1. The molecule has 1 aliphatic heterocycles. The number of alkyl halides is 3. The lowest BCUT2D eigenvalue weighted by Gasteiger charge is -2.14. The minimum atomic E-state index is -4.19. The van der Waals surface area contributed by atoms with Gasteiger partial charge in [-0.15, -0.1) is 0 Å². The summed E-state index contributed by atoms with van der Waals surface area (Å²) in [5, 5.41) is 0.921. The fraction of sp³-hybridized carbons (Fsp3) is 0.444. The van der Waals surface area contributed by atoms with Gasteiger partial charge in [0.25, 0.3) is 0 Å². The second kappa shape index (κ2) is 6.29. The highest BCUT2D eigenvalue weighted by atomic mass is 19.4. The van der Waals surface area contributed by atoms with Crippen LogP contribution in [0.1, 0.15) is 18.7 Å². The Labute approximate surface area is 142 Å². The minimum absolute atomic E-state index is 0.125. The van der Waals surface area contributed by atoms with Crippen LogP contribution >= 0.6 is 0 Å². The van der Waals surface area contributed by atoms with Gasteiger partial charge in [-0.2, -0.15) is 13.2 Å². The van der Waals surface area contributed by atoms with Gasteiger partial charge in [0, 0.05) is 30.9 Å². The third-order valence-corrected chi connectivity index (χ3v) is 4.66. The van der Waals surface area contributed by atoms with Crippen LogP contribution in [0.25, 0.3) is 21.9 Å². The lowest BCUT2D eigenvalue weighted by molar-refractivity contribution is -0.134. The van der Waals surface area contributed by atoms with Gasteiger partial charge in [0.2, 0.25) is 0 Å². The van der Waals surface area contributed by atoms with Crippen LogP contribution in [-0.2, 0) is 17.7 Å². The van der Waals surface area contributed by atoms with Gasteiger partial charge in [0.1, 0.15) is 11.3 Å². The van der Waals surface area contributed by atoms with Crippen molar-refractivity contribution in [1.82, 2.24) is 14.5 Å². The van der Waals surface area contributed by atoms with Gasteiger partial charge >= 0.3 is 6.18 Å². The first-order chi connectivity index (χ1) is 12.0. The number of benzene rings is 1. The third-order valence-electron chi connectivity index (χ3n) is 4.66. The molecule has 0 aliphatic carbocycles. The molecule has 3 aromatic rings. The predicted octanol–water partition coefficient (Wildman–Crippen LogP) is 4.12. The highest BCUT2D eigenvalue weighted by Gasteiger charge is 2.29. The number of halogens is 3. The van der Waals surface area contributed by atoms with E-state index in [-0.39, 0.29) is 6.42 Å². The summed E-state index contributed by atoms with van der Waals surface area (Å²) >= 11 is 0. The Balaban J connectivity index is 1.83. The molecular weight excluding hydrogens is 331 g/mol. The lowest BCUT2D eigenvalue weighted by Crippen LogP contribution is -2.16. The molecule has 0 spiro atoms. The Bertz CT molecular complexity index is 898. The van der Waals surface area contributed by atoms with Crippen LogP contribution in [0.5, 0.6) is 0 Å². The first kappa shape index (κ1) is 16.3. The highest BCUT2D eigenvalue weighted by molar-refractivity contribution is 6.02. The van der Waals surface area contributed by atoms with E-state index in [0.29, 0.717) is 37.0 Å². The van der Waals surface area contributed by atoms with Gasteiger partial charge in [-0.25, -0.2) is 4.98 Å². The molecule has 0 bridgehead atoms. The number of imidazole rings is 1. The molecule has 0 saturated carbocycles. The predicted molar refractivity (Wildman–Crippen MR) is 88.3 cm³/mol. The number of ether oxygens (including phenoxy) is 1. The first-order valence-electron chi connectivity index (χ1n) is 8.38. The van der Waals surface area contributed by atoms with Crippen LogP contribution in [0.15, 0.2) is 30.5 Å². The van der Waals surface area contributed by atoms with E-state index in [2.05, 4.69) is 9.97 Å². The second-order valence-electron chi connectivity index (χ2n) is 6.49. The summed E-state index contributed by atoms with van der Waals surface area (Å²) in [5.74, 6) is 0.770. The number of hydrogen-bond donors (Lipinski definition) is 0. The van der Waals surface area contributed by atoms with E-state index in [1.807, 2.05) is 28.8 Å². The van der Waals surface area contributed by atoms with Crippen LogP contribution in [0.3, 0.4) is 0 Å². The maximum Gasteiger partial charge on any atom is 0.389 e. The summed E-state index contributed by atoms with van der Waals surface area (Å²) in [6.45, 7) is 1.97. The highest BCUT2D eigenvalue weighted by Crippen LogP contribution is 2.29. The van der Waals surface area contributed by atoms with E-state index >= 15 is 0 Å². The van der Waals surface area contributed by atoms with Crippen molar-refractivity contribution >= 4 is 21.9 Å². The lowest BCUT2D eigenvalue weighted by atomic mass is 10.1. The van der Waals surface area contributed by atoms with Gasteiger partial charge in [0.05, 0.1) is 30.3 Å². The van der Waals surface area contributed by atoms with E-state index in [1.165, 1.54) is 0 Å². The maximum absolute atomic E-state index is 12.7. The summed E-state index contributed by atoms with van der Waals surface area (Å²) in [6.07, 6.45) is -2.62. The van der Waals surface area contributed by atoms with Crippen LogP contribution in [0.4, 0.5) is 13.2 Å². The van der Waals surface area contributed by atoms with E-state index < -0.39 is 12.6 Å². The van der Waals surface area contributed by atoms with E-state index in [1.54, 1.807) is 6.20 Å². The normalized spacial score (nSPS) is 18.4. The zero-order valence-electron chi connectivity index (χ0n) is 13.6. The number of pyridine rings is 1. The fourth-order valence-corrected chi connectivity index (χ4v) is 3.44. The number of rotatable bonds is 4. The molecule has 1 fully saturated rings. The topological polar surface area (TPSA) is 39.9 Å². The molecule has 25 heavy (non-hydrogen) atoms. The molecule has 2 aromatic heterocycles. The summed E-state index contributed by atoms with van der Waals surface area (Å²) in [4.78, 5) is 8.85. The van der Waals surface area contributed by atoms with E-state index in [0.717, 1.165) is 22.8 Å². The van der Waals surface area contributed by atoms with Crippen molar-refractivity contribution in [3.05, 3.63) is 36.3 Å². The molecule has 4 rings (SSSR count). The monoisotopic (exact) mass is 349 g/mol. The maximum atomic E-state index is 12.7. The Morgan fingerprint density at radius 3 is 2.80 bits per heavy atom. The summed E-state index contributed by atoms with van der Waals surface area (Å²) in [5.41, 5.74) is 2.34. The van der Waals surface area contributed by atoms with Crippen molar-refractivity contribution < 1.29 is 17.9 Å². The molecule has 0 amide bonds.